The van der Waals surface area contributed by atoms with Crippen LogP contribution in [0.2, 0.25) is 0 Å². The van der Waals surface area contributed by atoms with Crippen molar-refractivity contribution in [3.63, 3.8) is 0 Å². The average Bonchev–Trinajstić information content (AvgIpc) is 2.35. The van der Waals surface area contributed by atoms with E-state index in [0.29, 0.717) is 12.5 Å². The zero-order valence-electron chi connectivity index (χ0n) is 14.4. The highest BCUT2D eigenvalue weighted by Crippen LogP contribution is 2.23. The molecule has 0 amide bonds. The van der Waals surface area contributed by atoms with Crippen LogP contribution in [0.3, 0.4) is 0 Å². The number of carbonyl (C=O) groups excluding carboxylic acids is 1. The van der Waals surface area contributed by atoms with E-state index >= 15 is 0 Å². The lowest BCUT2D eigenvalue weighted by molar-refractivity contribution is -0.137. The van der Waals surface area contributed by atoms with Gasteiger partial charge < -0.3 is 4.74 Å². The van der Waals surface area contributed by atoms with Crippen molar-refractivity contribution in [1.82, 2.24) is 0 Å². The van der Waals surface area contributed by atoms with Crippen molar-refractivity contribution < 1.29 is 9.53 Å². The Morgan fingerprint density at radius 2 is 1.70 bits per heavy atom. The molecule has 0 fully saturated rings. The Hall–Kier alpha value is -1.05. The van der Waals surface area contributed by atoms with Crippen molar-refractivity contribution in [2.45, 2.75) is 67.7 Å². The summed E-state index contributed by atoms with van der Waals surface area (Å²) in [7, 11) is 0. The predicted octanol–water partition coefficient (Wildman–Crippen LogP) is 5.29. The van der Waals surface area contributed by atoms with E-state index in [9.17, 15) is 4.79 Å². The van der Waals surface area contributed by atoms with Crippen LogP contribution in [0.5, 0.6) is 0 Å². The van der Waals surface area contributed by atoms with E-state index in [-0.39, 0.29) is 5.97 Å². The molecule has 1 atom stereocenters. The molecular formula is C18H32O2. The predicted molar refractivity (Wildman–Crippen MR) is 86.6 cm³/mol. The van der Waals surface area contributed by atoms with Crippen LogP contribution in [0.25, 0.3) is 0 Å². The summed E-state index contributed by atoms with van der Waals surface area (Å²) in [4.78, 5) is 11.5. The van der Waals surface area contributed by atoms with Gasteiger partial charge in [0, 0.05) is 6.08 Å². The molecule has 0 aliphatic rings. The second-order valence-electron chi connectivity index (χ2n) is 6.27. The molecule has 0 aromatic heterocycles. The standard InChI is InChI=1S/C18H32O2/c1-8-20-18(19)12-16(6)17(7)15(5)11-14(4)10-9-13(2)3/h12-14H,8-11H2,1-7H3. The number of carbonyl (C=O) groups is 1. The molecule has 2 nitrogen and oxygen atoms in total. The van der Waals surface area contributed by atoms with Gasteiger partial charge in [0.15, 0.2) is 0 Å². The molecule has 0 heterocycles. The number of hydrogen-bond acceptors (Lipinski definition) is 2. The van der Waals surface area contributed by atoms with Gasteiger partial charge in [-0.3, -0.25) is 0 Å². The van der Waals surface area contributed by atoms with Crippen LogP contribution in [0.4, 0.5) is 0 Å². The number of rotatable bonds is 8. The summed E-state index contributed by atoms with van der Waals surface area (Å²) in [5.74, 6) is 1.22. The van der Waals surface area contributed by atoms with Crippen molar-refractivity contribution >= 4 is 5.97 Å². The SMILES string of the molecule is CCOC(=O)C=C(C)C(C)=C(C)CC(C)CCC(C)C. The Labute approximate surface area is 125 Å². The summed E-state index contributed by atoms with van der Waals surface area (Å²) >= 11 is 0. The van der Waals surface area contributed by atoms with Gasteiger partial charge in [0.2, 0.25) is 0 Å². The number of esters is 1. The van der Waals surface area contributed by atoms with Crippen molar-refractivity contribution in [1.29, 1.82) is 0 Å². The lowest BCUT2D eigenvalue weighted by Gasteiger charge is -2.15. The minimum atomic E-state index is -0.245. The topological polar surface area (TPSA) is 26.3 Å². The van der Waals surface area contributed by atoms with Gasteiger partial charge in [0.25, 0.3) is 0 Å². The Kier molecular flexibility index (Phi) is 9.28. The molecule has 0 aromatic carbocycles. The third-order valence-corrected chi connectivity index (χ3v) is 3.74. The smallest absolute Gasteiger partial charge is 0.331 e. The molecule has 2 heteroatoms. The molecule has 0 aliphatic carbocycles. The fraction of sp³-hybridized carbons (Fsp3) is 0.722. The third-order valence-electron chi connectivity index (χ3n) is 3.74. The highest BCUT2D eigenvalue weighted by molar-refractivity contribution is 5.83. The van der Waals surface area contributed by atoms with Crippen LogP contribution in [-0.4, -0.2) is 12.6 Å². The maximum absolute atomic E-state index is 11.5. The molecule has 0 N–H and O–H groups in total. The van der Waals surface area contributed by atoms with Gasteiger partial charge in [0.1, 0.15) is 0 Å². The maximum atomic E-state index is 11.5. The summed E-state index contributed by atoms with van der Waals surface area (Å²) in [5, 5.41) is 0. The maximum Gasteiger partial charge on any atom is 0.331 e. The second kappa shape index (κ2) is 9.79. The van der Waals surface area contributed by atoms with Crippen molar-refractivity contribution in [3.05, 3.63) is 22.8 Å². The Morgan fingerprint density at radius 3 is 2.20 bits per heavy atom. The molecule has 0 saturated heterocycles. The van der Waals surface area contributed by atoms with E-state index in [1.165, 1.54) is 24.0 Å². The fourth-order valence-corrected chi connectivity index (χ4v) is 2.20. The Bertz CT molecular complexity index is 362. The lowest BCUT2D eigenvalue weighted by atomic mass is 9.91. The molecule has 0 aliphatic heterocycles. The van der Waals surface area contributed by atoms with Crippen molar-refractivity contribution in [2.24, 2.45) is 11.8 Å². The molecule has 0 aromatic rings. The number of hydrogen-bond donors (Lipinski definition) is 0. The van der Waals surface area contributed by atoms with Gasteiger partial charge in [0.05, 0.1) is 6.61 Å². The second-order valence-corrected chi connectivity index (χ2v) is 6.27. The minimum Gasteiger partial charge on any atom is -0.463 e. The molecule has 1 unspecified atom stereocenters. The monoisotopic (exact) mass is 280 g/mol. The van der Waals surface area contributed by atoms with E-state index in [1.807, 2.05) is 13.8 Å². The highest BCUT2D eigenvalue weighted by Gasteiger charge is 2.08. The molecule has 116 valence electrons. The Balaban J connectivity index is 4.60. The van der Waals surface area contributed by atoms with Crippen LogP contribution >= 0.6 is 0 Å². The van der Waals surface area contributed by atoms with Crippen LogP contribution in [0.15, 0.2) is 22.8 Å². The first-order valence-corrected chi connectivity index (χ1v) is 7.79. The van der Waals surface area contributed by atoms with E-state index in [1.54, 1.807) is 6.08 Å². The summed E-state index contributed by atoms with van der Waals surface area (Å²) in [6, 6.07) is 0. The summed E-state index contributed by atoms with van der Waals surface area (Å²) in [5.41, 5.74) is 3.60. The lowest BCUT2D eigenvalue weighted by Crippen LogP contribution is -2.03. The normalized spacial score (nSPS) is 15.1. The van der Waals surface area contributed by atoms with Gasteiger partial charge in [-0.1, -0.05) is 39.2 Å². The molecule has 0 bridgehead atoms. The highest BCUT2D eigenvalue weighted by atomic mass is 16.5. The van der Waals surface area contributed by atoms with Gasteiger partial charge in [-0.15, -0.1) is 0 Å². The minimum absolute atomic E-state index is 0.245. The van der Waals surface area contributed by atoms with E-state index in [0.717, 1.165) is 17.9 Å². The average molecular weight is 280 g/mol. The third kappa shape index (κ3) is 8.19. The van der Waals surface area contributed by atoms with Gasteiger partial charge in [-0.25, -0.2) is 4.79 Å². The van der Waals surface area contributed by atoms with E-state index < -0.39 is 0 Å². The summed E-state index contributed by atoms with van der Waals surface area (Å²) in [6.45, 7) is 15.3. The van der Waals surface area contributed by atoms with Crippen molar-refractivity contribution in [2.75, 3.05) is 6.61 Å². The van der Waals surface area contributed by atoms with Gasteiger partial charge in [-0.05, 0) is 57.1 Å². The Morgan fingerprint density at radius 1 is 1.10 bits per heavy atom. The number of ether oxygens (including phenoxy) is 1. The first-order valence-electron chi connectivity index (χ1n) is 7.79. The molecule has 20 heavy (non-hydrogen) atoms. The fourth-order valence-electron chi connectivity index (χ4n) is 2.20. The van der Waals surface area contributed by atoms with Crippen LogP contribution in [0, 0.1) is 11.8 Å². The van der Waals surface area contributed by atoms with Gasteiger partial charge in [-0.2, -0.15) is 0 Å². The summed E-state index contributed by atoms with van der Waals surface area (Å²) in [6.07, 6.45) is 5.25. The molecule has 0 rings (SSSR count). The quantitative estimate of drug-likeness (QED) is 0.343. The molecule has 0 spiro atoms. The van der Waals surface area contributed by atoms with Gasteiger partial charge >= 0.3 is 5.97 Å². The summed E-state index contributed by atoms with van der Waals surface area (Å²) < 4.78 is 4.95. The first-order chi connectivity index (χ1) is 9.27. The van der Waals surface area contributed by atoms with E-state index in [4.69, 9.17) is 4.74 Å². The zero-order chi connectivity index (χ0) is 15.7. The zero-order valence-corrected chi connectivity index (χ0v) is 14.4. The van der Waals surface area contributed by atoms with E-state index in [2.05, 4.69) is 34.6 Å². The van der Waals surface area contributed by atoms with Crippen LogP contribution in [-0.2, 0) is 9.53 Å². The number of allylic oxidation sites excluding steroid dienone is 3. The van der Waals surface area contributed by atoms with Crippen LogP contribution < -0.4 is 0 Å². The molecule has 0 saturated carbocycles. The molecule has 0 radical (unpaired) electrons. The molecular weight excluding hydrogens is 248 g/mol. The van der Waals surface area contributed by atoms with Crippen molar-refractivity contribution in [3.8, 4) is 0 Å². The first kappa shape index (κ1) is 18.9. The largest absolute Gasteiger partial charge is 0.463 e. The van der Waals surface area contributed by atoms with Crippen LogP contribution in [0.1, 0.15) is 67.7 Å².